The van der Waals surface area contributed by atoms with E-state index in [2.05, 4.69) is 14.3 Å². The number of thioether (sulfide) groups is 1. The zero-order valence-electron chi connectivity index (χ0n) is 6.77. The molecular formula is C7H11N3S2. The molecule has 1 aliphatic rings. The number of hydrogen-bond acceptors (Lipinski definition) is 5. The van der Waals surface area contributed by atoms with Crippen LogP contribution in [0.15, 0.2) is 6.33 Å². The Morgan fingerprint density at radius 1 is 1.33 bits per heavy atom. The molecule has 0 N–H and O–H groups in total. The van der Waals surface area contributed by atoms with E-state index in [9.17, 15) is 0 Å². The molecule has 1 fully saturated rings. The highest BCUT2D eigenvalue weighted by molar-refractivity contribution is 7.99. The monoisotopic (exact) mass is 201 g/mol. The summed E-state index contributed by atoms with van der Waals surface area (Å²) in [7, 11) is 0. The number of aromatic nitrogens is 2. The summed E-state index contributed by atoms with van der Waals surface area (Å²) in [5.74, 6) is 2.51. The number of anilines is 1. The van der Waals surface area contributed by atoms with Gasteiger partial charge in [-0.1, -0.05) is 0 Å². The maximum Gasteiger partial charge on any atom is 0.204 e. The molecule has 3 nitrogen and oxygen atoms in total. The van der Waals surface area contributed by atoms with E-state index in [0.29, 0.717) is 0 Å². The largest absolute Gasteiger partial charge is 0.346 e. The summed E-state index contributed by atoms with van der Waals surface area (Å²) in [4.78, 5) is 6.54. The minimum atomic E-state index is 1.08. The van der Waals surface area contributed by atoms with Crippen LogP contribution in [0.5, 0.6) is 0 Å². The molecule has 12 heavy (non-hydrogen) atoms. The van der Waals surface area contributed by atoms with Crippen LogP contribution in [0.3, 0.4) is 0 Å². The highest BCUT2D eigenvalue weighted by Crippen LogP contribution is 2.18. The van der Waals surface area contributed by atoms with E-state index >= 15 is 0 Å². The van der Waals surface area contributed by atoms with Crippen molar-refractivity contribution in [1.82, 2.24) is 9.36 Å². The lowest BCUT2D eigenvalue weighted by atomic mass is 10.4. The molecule has 1 aliphatic heterocycles. The smallest absolute Gasteiger partial charge is 0.204 e. The average molecular weight is 201 g/mol. The highest BCUT2D eigenvalue weighted by atomic mass is 32.2. The van der Waals surface area contributed by atoms with Crippen LogP contribution in [-0.4, -0.2) is 34.0 Å². The molecule has 1 saturated heterocycles. The fraction of sp³-hybridized carbons (Fsp3) is 0.714. The molecule has 0 aromatic carbocycles. The van der Waals surface area contributed by atoms with E-state index in [1.807, 2.05) is 11.8 Å². The van der Waals surface area contributed by atoms with Crippen molar-refractivity contribution >= 4 is 28.4 Å². The van der Waals surface area contributed by atoms with Crippen molar-refractivity contribution in [3.63, 3.8) is 0 Å². The number of rotatable bonds is 1. The van der Waals surface area contributed by atoms with Gasteiger partial charge < -0.3 is 4.90 Å². The summed E-state index contributed by atoms with van der Waals surface area (Å²) in [6.07, 6.45) is 2.91. The summed E-state index contributed by atoms with van der Waals surface area (Å²) in [5, 5.41) is 1.08. The van der Waals surface area contributed by atoms with Crippen molar-refractivity contribution in [2.45, 2.75) is 6.42 Å². The fourth-order valence-electron chi connectivity index (χ4n) is 1.24. The first-order valence-corrected chi connectivity index (χ1v) is 5.99. The second-order valence-corrected chi connectivity index (χ2v) is 4.66. The third kappa shape index (κ3) is 1.90. The molecule has 0 unspecified atom stereocenters. The van der Waals surface area contributed by atoms with Crippen LogP contribution in [0.4, 0.5) is 5.13 Å². The summed E-state index contributed by atoms with van der Waals surface area (Å²) in [5.41, 5.74) is 0. The van der Waals surface area contributed by atoms with E-state index < -0.39 is 0 Å². The van der Waals surface area contributed by atoms with Gasteiger partial charge in [0.05, 0.1) is 0 Å². The first-order valence-electron chi connectivity index (χ1n) is 4.06. The molecular weight excluding hydrogens is 190 g/mol. The zero-order valence-corrected chi connectivity index (χ0v) is 8.40. The van der Waals surface area contributed by atoms with Crippen LogP contribution in [0, 0.1) is 0 Å². The van der Waals surface area contributed by atoms with Gasteiger partial charge in [-0.25, -0.2) is 4.98 Å². The molecule has 1 aromatic rings. The van der Waals surface area contributed by atoms with Crippen molar-refractivity contribution in [2.24, 2.45) is 0 Å². The summed E-state index contributed by atoms with van der Waals surface area (Å²) >= 11 is 3.53. The SMILES string of the molecule is c1nsc(N2CCCSCC2)n1. The Labute approximate surface area is 80.4 Å². The summed E-state index contributed by atoms with van der Waals surface area (Å²) in [6.45, 7) is 2.27. The topological polar surface area (TPSA) is 29.0 Å². The first kappa shape index (κ1) is 8.31. The normalized spacial score (nSPS) is 19.2. The average Bonchev–Trinajstić information content (AvgIpc) is 2.48. The van der Waals surface area contributed by atoms with E-state index in [4.69, 9.17) is 0 Å². The molecule has 66 valence electrons. The highest BCUT2D eigenvalue weighted by Gasteiger charge is 2.11. The third-order valence-corrected chi connectivity index (χ3v) is 3.62. The molecule has 0 spiro atoms. The molecule has 0 amide bonds. The number of hydrogen-bond donors (Lipinski definition) is 0. The molecule has 0 radical (unpaired) electrons. The molecule has 0 atom stereocenters. The Bertz CT molecular complexity index is 217. The number of nitrogens with zero attached hydrogens (tertiary/aromatic N) is 3. The second-order valence-electron chi connectivity index (χ2n) is 2.68. The molecule has 2 rings (SSSR count). The van der Waals surface area contributed by atoms with Gasteiger partial charge >= 0.3 is 0 Å². The van der Waals surface area contributed by atoms with Crippen LogP contribution in [0.2, 0.25) is 0 Å². The second kappa shape index (κ2) is 4.09. The Morgan fingerprint density at radius 2 is 2.33 bits per heavy atom. The van der Waals surface area contributed by atoms with E-state index in [0.717, 1.165) is 18.2 Å². The van der Waals surface area contributed by atoms with Crippen LogP contribution in [-0.2, 0) is 0 Å². The Morgan fingerprint density at radius 3 is 3.17 bits per heavy atom. The standard InChI is InChI=1S/C7H11N3S2/c1-2-10(3-5-11-4-1)7-8-6-9-12-7/h6H,1-5H2. The van der Waals surface area contributed by atoms with Gasteiger partial charge in [-0.3, -0.25) is 0 Å². The van der Waals surface area contributed by atoms with Gasteiger partial charge in [-0.2, -0.15) is 16.1 Å². The lowest BCUT2D eigenvalue weighted by Gasteiger charge is -2.17. The van der Waals surface area contributed by atoms with Gasteiger partial charge in [-0.15, -0.1) is 0 Å². The van der Waals surface area contributed by atoms with Gasteiger partial charge in [0.25, 0.3) is 0 Å². The Kier molecular flexibility index (Phi) is 2.83. The fourth-order valence-corrected chi connectivity index (χ4v) is 2.71. The maximum absolute atomic E-state index is 4.21. The van der Waals surface area contributed by atoms with Crippen molar-refractivity contribution < 1.29 is 0 Å². The molecule has 1 aromatic heterocycles. The summed E-state index contributed by atoms with van der Waals surface area (Å²) in [6, 6.07) is 0. The molecule has 0 aliphatic carbocycles. The summed E-state index contributed by atoms with van der Waals surface area (Å²) < 4.78 is 4.01. The van der Waals surface area contributed by atoms with Gasteiger partial charge in [0.1, 0.15) is 6.33 Å². The van der Waals surface area contributed by atoms with Crippen molar-refractivity contribution in [2.75, 3.05) is 29.5 Å². The van der Waals surface area contributed by atoms with E-state index in [1.165, 1.54) is 29.5 Å². The molecule has 0 bridgehead atoms. The van der Waals surface area contributed by atoms with Crippen LogP contribution in [0.1, 0.15) is 6.42 Å². The minimum absolute atomic E-state index is 1.08. The van der Waals surface area contributed by atoms with E-state index in [1.54, 1.807) is 6.33 Å². The molecule has 2 heterocycles. The Balaban J connectivity index is 2.02. The quantitative estimate of drug-likeness (QED) is 0.688. The molecule has 5 heteroatoms. The van der Waals surface area contributed by atoms with Gasteiger partial charge in [-0.05, 0) is 12.2 Å². The Hall–Kier alpha value is -0.290. The third-order valence-electron chi connectivity index (χ3n) is 1.84. The van der Waals surface area contributed by atoms with Crippen LogP contribution in [0.25, 0.3) is 0 Å². The minimum Gasteiger partial charge on any atom is -0.346 e. The predicted molar refractivity (Wildman–Crippen MR) is 54.1 cm³/mol. The van der Waals surface area contributed by atoms with Crippen LogP contribution < -0.4 is 4.90 Å². The van der Waals surface area contributed by atoms with Gasteiger partial charge in [0, 0.05) is 30.4 Å². The lowest BCUT2D eigenvalue weighted by Crippen LogP contribution is -2.25. The maximum atomic E-state index is 4.21. The van der Waals surface area contributed by atoms with Gasteiger partial charge in [0.15, 0.2) is 0 Å². The lowest BCUT2D eigenvalue weighted by molar-refractivity contribution is 0.812. The first-order chi connectivity index (χ1) is 5.97. The predicted octanol–water partition coefficient (Wildman–Crippen LogP) is 1.48. The van der Waals surface area contributed by atoms with Crippen molar-refractivity contribution in [1.29, 1.82) is 0 Å². The van der Waals surface area contributed by atoms with Crippen molar-refractivity contribution in [3.05, 3.63) is 6.33 Å². The van der Waals surface area contributed by atoms with E-state index in [-0.39, 0.29) is 0 Å². The van der Waals surface area contributed by atoms with Gasteiger partial charge in [0.2, 0.25) is 5.13 Å². The van der Waals surface area contributed by atoms with Crippen LogP contribution >= 0.6 is 23.3 Å². The zero-order chi connectivity index (χ0) is 8.23. The molecule has 0 saturated carbocycles. The van der Waals surface area contributed by atoms with Crippen molar-refractivity contribution in [3.8, 4) is 0 Å².